The van der Waals surface area contributed by atoms with Gasteiger partial charge in [-0.15, -0.1) is 0 Å². The molecule has 2 rings (SSSR count). The van der Waals surface area contributed by atoms with Gasteiger partial charge in [-0.25, -0.2) is 0 Å². The Hall–Kier alpha value is -2.02. The van der Waals surface area contributed by atoms with Crippen molar-refractivity contribution in [2.24, 2.45) is 0 Å². The molecule has 1 heterocycles. The van der Waals surface area contributed by atoms with Crippen molar-refractivity contribution in [3.63, 3.8) is 0 Å². The molecular weight excluding hydrogens is 226 g/mol. The molecule has 0 aliphatic carbocycles. The van der Waals surface area contributed by atoms with E-state index in [1.807, 2.05) is 25.1 Å². The molecule has 1 aromatic carbocycles. The van der Waals surface area contributed by atoms with Gasteiger partial charge in [-0.05, 0) is 37.8 Å². The van der Waals surface area contributed by atoms with Gasteiger partial charge in [0.2, 0.25) is 5.91 Å². The van der Waals surface area contributed by atoms with Gasteiger partial charge < -0.3 is 10.6 Å². The first-order valence-corrected chi connectivity index (χ1v) is 6.26. The van der Waals surface area contributed by atoms with Crippen LogP contribution in [-0.4, -0.2) is 18.5 Å². The summed E-state index contributed by atoms with van der Waals surface area (Å²) >= 11 is 0. The predicted molar refractivity (Wildman–Crippen MR) is 70.2 cm³/mol. The van der Waals surface area contributed by atoms with Crippen molar-refractivity contribution in [1.29, 1.82) is 5.26 Å². The van der Waals surface area contributed by atoms with Gasteiger partial charge >= 0.3 is 0 Å². The number of amides is 1. The molecule has 94 valence electrons. The van der Waals surface area contributed by atoms with Gasteiger partial charge in [0.25, 0.3) is 0 Å². The van der Waals surface area contributed by atoms with Crippen LogP contribution in [0.3, 0.4) is 0 Å². The van der Waals surface area contributed by atoms with Crippen LogP contribution in [-0.2, 0) is 4.79 Å². The van der Waals surface area contributed by atoms with E-state index in [4.69, 9.17) is 5.26 Å². The zero-order valence-electron chi connectivity index (χ0n) is 10.5. The van der Waals surface area contributed by atoms with Gasteiger partial charge in [0.05, 0.1) is 11.3 Å². The topological polar surface area (TPSA) is 64.9 Å². The number of hydrogen-bond donors (Lipinski definition) is 2. The Balaban J connectivity index is 2.20. The highest BCUT2D eigenvalue weighted by atomic mass is 16.2. The van der Waals surface area contributed by atoms with E-state index >= 15 is 0 Å². The van der Waals surface area contributed by atoms with Crippen LogP contribution in [0.2, 0.25) is 0 Å². The summed E-state index contributed by atoms with van der Waals surface area (Å²) in [7, 11) is 0. The fourth-order valence-corrected chi connectivity index (χ4v) is 2.20. The SMILES string of the molecule is Cc1cccc(NC2CCCCNC2=O)c1C#N. The molecule has 0 saturated carbocycles. The molecule has 1 fully saturated rings. The molecule has 1 aliphatic rings. The first-order chi connectivity index (χ1) is 8.72. The first-order valence-electron chi connectivity index (χ1n) is 6.26. The van der Waals surface area contributed by atoms with Crippen molar-refractivity contribution in [1.82, 2.24) is 5.32 Å². The lowest BCUT2D eigenvalue weighted by Gasteiger charge is -2.18. The highest BCUT2D eigenvalue weighted by Crippen LogP contribution is 2.21. The van der Waals surface area contributed by atoms with E-state index in [0.717, 1.165) is 37.1 Å². The molecule has 4 heteroatoms. The number of carbonyl (C=O) groups is 1. The number of carbonyl (C=O) groups excluding carboxylic acids is 1. The van der Waals surface area contributed by atoms with Crippen LogP contribution >= 0.6 is 0 Å². The second kappa shape index (κ2) is 5.54. The van der Waals surface area contributed by atoms with Gasteiger partial charge in [-0.3, -0.25) is 4.79 Å². The number of nitriles is 1. The van der Waals surface area contributed by atoms with Crippen LogP contribution in [0.4, 0.5) is 5.69 Å². The van der Waals surface area contributed by atoms with E-state index in [9.17, 15) is 4.79 Å². The second-order valence-electron chi connectivity index (χ2n) is 4.59. The molecule has 2 N–H and O–H groups in total. The number of hydrogen-bond acceptors (Lipinski definition) is 3. The van der Waals surface area contributed by atoms with E-state index in [-0.39, 0.29) is 11.9 Å². The number of rotatable bonds is 2. The average molecular weight is 243 g/mol. The molecule has 0 spiro atoms. The van der Waals surface area contributed by atoms with E-state index in [0.29, 0.717) is 5.56 Å². The van der Waals surface area contributed by atoms with Crippen molar-refractivity contribution in [3.8, 4) is 6.07 Å². The van der Waals surface area contributed by atoms with E-state index in [2.05, 4.69) is 16.7 Å². The minimum atomic E-state index is -0.235. The molecule has 1 aromatic rings. The maximum absolute atomic E-state index is 11.8. The molecule has 18 heavy (non-hydrogen) atoms. The third kappa shape index (κ3) is 2.62. The smallest absolute Gasteiger partial charge is 0.242 e. The number of anilines is 1. The Kier molecular flexibility index (Phi) is 3.83. The number of aryl methyl sites for hydroxylation is 1. The zero-order valence-corrected chi connectivity index (χ0v) is 10.5. The van der Waals surface area contributed by atoms with Crippen LogP contribution in [0.15, 0.2) is 18.2 Å². The average Bonchev–Trinajstić information content (AvgIpc) is 2.55. The fraction of sp³-hybridized carbons (Fsp3) is 0.429. The monoisotopic (exact) mass is 243 g/mol. The third-order valence-corrected chi connectivity index (χ3v) is 3.25. The number of nitrogens with zero attached hydrogens (tertiary/aromatic N) is 1. The van der Waals surface area contributed by atoms with Crippen LogP contribution in [0.25, 0.3) is 0 Å². The largest absolute Gasteiger partial charge is 0.373 e. The van der Waals surface area contributed by atoms with Crippen molar-refractivity contribution < 1.29 is 4.79 Å². The van der Waals surface area contributed by atoms with Crippen molar-refractivity contribution in [3.05, 3.63) is 29.3 Å². The van der Waals surface area contributed by atoms with Gasteiger partial charge in [0, 0.05) is 6.54 Å². The highest BCUT2D eigenvalue weighted by Gasteiger charge is 2.21. The summed E-state index contributed by atoms with van der Waals surface area (Å²) in [5, 5.41) is 15.2. The second-order valence-corrected chi connectivity index (χ2v) is 4.59. The van der Waals surface area contributed by atoms with Gasteiger partial charge in [0.15, 0.2) is 0 Å². The lowest BCUT2D eigenvalue weighted by atomic mass is 10.1. The molecule has 1 saturated heterocycles. The Labute approximate surface area is 107 Å². The lowest BCUT2D eigenvalue weighted by molar-refractivity contribution is -0.121. The summed E-state index contributed by atoms with van der Waals surface area (Å²) < 4.78 is 0. The Morgan fingerprint density at radius 2 is 2.28 bits per heavy atom. The Bertz CT molecular complexity index is 490. The molecule has 0 bridgehead atoms. The maximum atomic E-state index is 11.8. The molecule has 0 aromatic heterocycles. The Morgan fingerprint density at radius 1 is 1.44 bits per heavy atom. The lowest BCUT2D eigenvalue weighted by Crippen LogP contribution is -2.38. The van der Waals surface area contributed by atoms with E-state index in [1.54, 1.807) is 0 Å². The zero-order chi connectivity index (χ0) is 13.0. The van der Waals surface area contributed by atoms with E-state index < -0.39 is 0 Å². The minimum absolute atomic E-state index is 0.0258. The van der Waals surface area contributed by atoms with Gasteiger partial charge in [-0.2, -0.15) is 5.26 Å². The van der Waals surface area contributed by atoms with E-state index in [1.165, 1.54) is 0 Å². The predicted octanol–water partition coefficient (Wildman–Crippen LogP) is 1.95. The minimum Gasteiger partial charge on any atom is -0.373 e. The van der Waals surface area contributed by atoms with Gasteiger partial charge in [0.1, 0.15) is 12.1 Å². The fourth-order valence-electron chi connectivity index (χ4n) is 2.20. The maximum Gasteiger partial charge on any atom is 0.242 e. The molecule has 4 nitrogen and oxygen atoms in total. The summed E-state index contributed by atoms with van der Waals surface area (Å²) in [6, 6.07) is 7.60. The molecule has 1 unspecified atom stereocenters. The summed E-state index contributed by atoms with van der Waals surface area (Å²) in [5.41, 5.74) is 2.30. The summed E-state index contributed by atoms with van der Waals surface area (Å²) in [6.07, 6.45) is 2.84. The quantitative estimate of drug-likeness (QED) is 0.834. The van der Waals surface area contributed by atoms with Crippen LogP contribution in [0.1, 0.15) is 30.4 Å². The van der Waals surface area contributed by atoms with Crippen molar-refractivity contribution >= 4 is 11.6 Å². The standard InChI is InChI=1S/C14H17N3O/c1-10-5-4-7-12(11(10)9-15)17-13-6-2-3-8-16-14(13)18/h4-5,7,13,17H,2-3,6,8H2,1H3,(H,16,18). The molecule has 1 atom stereocenters. The summed E-state index contributed by atoms with van der Waals surface area (Å²) in [4.78, 5) is 11.8. The Morgan fingerprint density at radius 3 is 3.06 bits per heavy atom. The van der Waals surface area contributed by atoms with Crippen molar-refractivity contribution in [2.45, 2.75) is 32.2 Å². The van der Waals surface area contributed by atoms with Crippen LogP contribution in [0, 0.1) is 18.3 Å². The third-order valence-electron chi connectivity index (χ3n) is 3.25. The first kappa shape index (κ1) is 12.4. The summed E-state index contributed by atoms with van der Waals surface area (Å²) in [6.45, 7) is 2.65. The normalized spacial score (nSPS) is 19.6. The molecule has 1 amide bonds. The highest BCUT2D eigenvalue weighted by molar-refractivity contribution is 5.85. The molecule has 0 radical (unpaired) electrons. The molecule has 1 aliphatic heterocycles. The summed E-state index contributed by atoms with van der Waals surface area (Å²) in [5.74, 6) is 0.0258. The number of nitrogens with one attached hydrogen (secondary N) is 2. The molecular formula is C14H17N3O. The van der Waals surface area contributed by atoms with Gasteiger partial charge in [-0.1, -0.05) is 12.1 Å². The van der Waals surface area contributed by atoms with Crippen LogP contribution in [0.5, 0.6) is 0 Å². The van der Waals surface area contributed by atoms with Crippen molar-refractivity contribution in [2.75, 3.05) is 11.9 Å². The van der Waals surface area contributed by atoms with Crippen LogP contribution < -0.4 is 10.6 Å². The number of benzene rings is 1.